The SMILES string of the molecule is CC(C)(COCc1ccccc1)C(=O)Nc1cnn(C(C)(C)C(=O)O)c1. The van der Waals surface area contributed by atoms with Gasteiger partial charge < -0.3 is 15.2 Å². The van der Waals surface area contributed by atoms with Crippen molar-refractivity contribution in [3.8, 4) is 0 Å². The Morgan fingerprint density at radius 1 is 1.19 bits per heavy atom. The fourth-order valence-corrected chi connectivity index (χ4v) is 2.16. The minimum absolute atomic E-state index is 0.224. The highest BCUT2D eigenvalue weighted by Gasteiger charge is 2.32. The van der Waals surface area contributed by atoms with Crippen LogP contribution in [0.3, 0.4) is 0 Å². The molecule has 0 bridgehead atoms. The van der Waals surface area contributed by atoms with Crippen LogP contribution in [0, 0.1) is 5.41 Å². The number of carbonyl (C=O) groups is 2. The van der Waals surface area contributed by atoms with Crippen LogP contribution in [0.5, 0.6) is 0 Å². The van der Waals surface area contributed by atoms with Gasteiger partial charge in [-0.3, -0.25) is 9.48 Å². The van der Waals surface area contributed by atoms with Crippen LogP contribution in [0.1, 0.15) is 33.3 Å². The van der Waals surface area contributed by atoms with E-state index < -0.39 is 16.9 Å². The first-order chi connectivity index (χ1) is 12.1. The number of aliphatic carboxylic acids is 1. The molecule has 1 amide bonds. The summed E-state index contributed by atoms with van der Waals surface area (Å²) in [4.78, 5) is 23.8. The Labute approximate surface area is 153 Å². The van der Waals surface area contributed by atoms with Crippen molar-refractivity contribution in [1.82, 2.24) is 9.78 Å². The van der Waals surface area contributed by atoms with Gasteiger partial charge in [0.25, 0.3) is 0 Å². The summed E-state index contributed by atoms with van der Waals surface area (Å²) >= 11 is 0. The number of benzene rings is 1. The number of ether oxygens (including phenoxy) is 1. The molecule has 1 aromatic carbocycles. The second-order valence-electron chi connectivity index (χ2n) is 7.35. The summed E-state index contributed by atoms with van der Waals surface area (Å²) in [5.41, 5.74) is -0.461. The van der Waals surface area contributed by atoms with Crippen molar-refractivity contribution >= 4 is 17.6 Å². The van der Waals surface area contributed by atoms with Crippen LogP contribution in [0.2, 0.25) is 0 Å². The van der Waals surface area contributed by atoms with Crippen LogP contribution < -0.4 is 5.32 Å². The molecule has 0 aliphatic rings. The minimum Gasteiger partial charge on any atom is -0.479 e. The van der Waals surface area contributed by atoms with Crippen molar-refractivity contribution in [2.75, 3.05) is 11.9 Å². The number of carboxylic acids is 1. The minimum atomic E-state index is -1.20. The van der Waals surface area contributed by atoms with Crippen LogP contribution >= 0.6 is 0 Å². The number of nitrogens with one attached hydrogen (secondary N) is 1. The monoisotopic (exact) mass is 359 g/mol. The Balaban J connectivity index is 1.93. The first-order valence-electron chi connectivity index (χ1n) is 8.34. The molecule has 1 aromatic heterocycles. The highest BCUT2D eigenvalue weighted by Crippen LogP contribution is 2.22. The van der Waals surface area contributed by atoms with Gasteiger partial charge in [0, 0.05) is 6.20 Å². The first kappa shape index (κ1) is 19.7. The third-order valence-electron chi connectivity index (χ3n) is 4.13. The smallest absolute Gasteiger partial charge is 0.331 e. The highest BCUT2D eigenvalue weighted by molar-refractivity contribution is 5.94. The van der Waals surface area contributed by atoms with E-state index in [0.29, 0.717) is 12.3 Å². The van der Waals surface area contributed by atoms with Crippen LogP contribution in [-0.2, 0) is 26.5 Å². The Bertz CT molecular complexity index is 766. The largest absolute Gasteiger partial charge is 0.479 e. The van der Waals surface area contributed by atoms with Gasteiger partial charge >= 0.3 is 5.97 Å². The van der Waals surface area contributed by atoms with Crippen LogP contribution in [0.15, 0.2) is 42.7 Å². The maximum absolute atomic E-state index is 12.5. The zero-order chi connectivity index (χ0) is 19.4. The Morgan fingerprint density at radius 3 is 2.46 bits per heavy atom. The highest BCUT2D eigenvalue weighted by atomic mass is 16.5. The molecule has 7 heteroatoms. The Morgan fingerprint density at radius 2 is 1.85 bits per heavy atom. The molecule has 0 saturated heterocycles. The summed E-state index contributed by atoms with van der Waals surface area (Å²) in [6, 6.07) is 9.74. The van der Waals surface area contributed by atoms with Gasteiger partial charge in [0.15, 0.2) is 5.54 Å². The van der Waals surface area contributed by atoms with Gasteiger partial charge in [-0.1, -0.05) is 30.3 Å². The van der Waals surface area contributed by atoms with E-state index in [4.69, 9.17) is 4.74 Å². The lowest BCUT2D eigenvalue weighted by atomic mass is 9.93. The molecule has 0 unspecified atom stereocenters. The molecule has 0 aliphatic heterocycles. The zero-order valence-corrected chi connectivity index (χ0v) is 15.5. The third kappa shape index (κ3) is 4.70. The maximum atomic E-state index is 12.5. The second-order valence-corrected chi connectivity index (χ2v) is 7.35. The summed E-state index contributed by atoms with van der Waals surface area (Å²) in [6.45, 7) is 7.34. The number of anilines is 1. The number of hydrogen-bond acceptors (Lipinski definition) is 4. The predicted molar refractivity (Wildman–Crippen MR) is 97.7 cm³/mol. The molecule has 0 spiro atoms. The van der Waals surface area contributed by atoms with E-state index in [9.17, 15) is 14.7 Å². The predicted octanol–water partition coefficient (Wildman–Crippen LogP) is 2.88. The molecule has 2 rings (SSSR count). The van der Waals surface area contributed by atoms with Crippen molar-refractivity contribution in [3.63, 3.8) is 0 Å². The van der Waals surface area contributed by atoms with Gasteiger partial charge in [0.1, 0.15) is 0 Å². The molecule has 0 saturated carbocycles. The third-order valence-corrected chi connectivity index (χ3v) is 4.13. The number of carboxylic acid groups (broad SMARTS) is 1. The number of aromatic nitrogens is 2. The Hall–Kier alpha value is -2.67. The van der Waals surface area contributed by atoms with Crippen LogP contribution in [0.25, 0.3) is 0 Å². The van der Waals surface area contributed by atoms with Gasteiger partial charge in [-0.05, 0) is 33.3 Å². The summed E-state index contributed by atoms with van der Waals surface area (Å²) in [5.74, 6) is -1.23. The molecule has 2 aromatic rings. The topological polar surface area (TPSA) is 93.5 Å². The van der Waals surface area contributed by atoms with Gasteiger partial charge in [-0.25, -0.2) is 4.79 Å². The van der Waals surface area contributed by atoms with Crippen molar-refractivity contribution in [3.05, 3.63) is 48.3 Å². The van der Waals surface area contributed by atoms with E-state index in [1.807, 2.05) is 30.3 Å². The quantitative estimate of drug-likeness (QED) is 0.756. The van der Waals surface area contributed by atoms with E-state index in [1.54, 1.807) is 13.8 Å². The van der Waals surface area contributed by atoms with E-state index in [0.717, 1.165) is 5.56 Å². The number of hydrogen-bond donors (Lipinski definition) is 2. The van der Waals surface area contributed by atoms with Crippen LogP contribution in [0.4, 0.5) is 5.69 Å². The van der Waals surface area contributed by atoms with E-state index >= 15 is 0 Å². The summed E-state index contributed by atoms with van der Waals surface area (Å²) in [7, 11) is 0. The van der Waals surface area contributed by atoms with E-state index in [-0.39, 0.29) is 12.5 Å². The number of rotatable bonds is 8. The molecule has 0 aliphatic carbocycles. The number of nitrogens with zero attached hydrogens (tertiary/aromatic N) is 2. The summed E-state index contributed by atoms with van der Waals surface area (Å²) in [6.07, 6.45) is 2.94. The van der Waals surface area contributed by atoms with E-state index in [2.05, 4.69) is 10.4 Å². The van der Waals surface area contributed by atoms with Gasteiger partial charge in [0.05, 0.1) is 30.5 Å². The Kier molecular flexibility index (Phi) is 5.82. The molecule has 0 radical (unpaired) electrons. The summed E-state index contributed by atoms with van der Waals surface area (Å²) in [5, 5.41) is 16.0. The lowest BCUT2D eigenvalue weighted by Gasteiger charge is -2.23. The lowest BCUT2D eigenvalue weighted by Crippen LogP contribution is -2.36. The molecular formula is C19H25N3O4. The van der Waals surface area contributed by atoms with Crippen molar-refractivity contribution in [2.24, 2.45) is 5.41 Å². The molecule has 26 heavy (non-hydrogen) atoms. The average molecular weight is 359 g/mol. The maximum Gasteiger partial charge on any atom is 0.331 e. The average Bonchev–Trinajstić information content (AvgIpc) is 3.04. The molecule has 1 heterocycles. The normalized spacial score (nSPS) is 12.0. The number of amides is 1. The van der Waals surface area contributed by atoms with Crippen molar-refractivity contribution in [2.45, 2.75) is 39.8 Å². The molecular weight excluding hydrogens is 334 g/mol. The molecule has 140 valence electrons. The standard InChI is InChI=1S/C19H25N3O4/c1-18(2,13-26-12-14-8-6-5-7-9-14)16(23)21-15-10-20-22(11-15)19(3,4)17(24)25/h5-11H,12-13H2,1-4H3,(H,21,23)(H,24,25). The fourth-order valence-electron chi connectivity index (χ4n) is 2.16. The van der Waals surface area contributed by atoms with Crippen molar-refractivity contribution < 1.29 is 19.4 Å². The molecule has 2 N–H and O–H groups in total. The fraction of sp³-hybridized carbons (Fsp3) is 0.421. The van der Waals surface area contributed by atoms with Gasteiger partial charge in [-0.15, -0.1) is 0 Å². The van der Waals surface area contributed by atoms with Crippen molar-refractivity contribution in [1.29, 1.82) is 0 Å². The molecule has 0 atom stereocenters. The molecule has 0 fully saturated rings. The molecule has 7 nitrogen and oxygen atoms in total. The summed E-state index contributed by atoms with van der Waals surface area (Å²) < 4.78 is 6.98. The number of carbonyl (C=O) groups excluding carboxylic acids is 1. The second kappa shape index (κ2) is 7.70. The van der Waals surface area contributed by atoms with E-state index in [1.165, 1.54) is 30.9 Å². The van der Waals surface area contributed by atoms with Gasteiger partial charge in [0.2, 0.25) is 5.91 Å². The zero-order valence-electron chi connectivity index (χ0n) is 15.5. The van der Waals surface area contributed by atoms with Crippen LogP contribution in [-0.4, -0.2) is 33.4 Å². The van der Waals surface area contributed by atoms with Gasteiger partial charge in [-0.2, -0.15) is 5.10 Å². The first-order valence-corrected chi connectivity index (χ1v) is 8.34. The lowest BCUT2D eigenvalue weighted by molar-refractivity contribution is -0.146.